The average molecular weight is 349 g/mol. The molecule has 1 aromatic carbocycles. The van der Waals surface area contributed by atoms with E-state index in [9.17, 15) is 4.79 Å². The van der Waals surface area contributed by atoms with Crippen LogP contribution in [0.25, 0.3) is 11.3 Å². The second kappa shape index (κ2) is 8.62. The van der Waals surface area contributed by atoms with Gasteiger partial charge in [-0.1, -0.05) is 24.3 Å². The Bertz CT molecular complexity index is 852. The molecule has 0 saturated carbocycles. The van der Waals surface area contributed by atoms with Gasteiger partial charge in [0.2, 0.25) is 5.88 Å². The molecule has 0 spiro atoms. The molecule has 6 nitrogen and oxygen atoms in total. The number of rotatable bonds is 7. The molecule has 3 aromatic rings. The monoisotopic (exact) mass is 349 g/mol. The van der Waals surface area contributed by atoms with Crippen LogP contribution >= 0.6 is 0 Å². The lowest BCUT2D eigenvalue weighted by Gasteiger charge is -2.08. The molecule has 132 valence electrons. The summed E-state index contributed by atoms with van der Waals surface area (Å²) in [6, 6.07) is 18.4. The molecule has 0 bridgehead atoms. The van der Waals surface area contributed by atoms with Crippen LogP contribution in [0.15, 0.2) is 66.9 Å². The molecule has 0 unspecified atom stereocenters. The third kappa shape index (κ3) is 4.57. The molecular weight excluding hydrogens is 330 g/mol. The van der Waals surface area contributed by atoms with E-state index in [0.717, 1.165) is 11.3 Å². The molecule has 1 N–H and O–H groups in total. The van der Waals surface area contributed by atoms with Crippen LogP contribution in [0.4, 0.5) is 0 Å². The molecule has 3 rings (SSSR count). The predicted octanol–water partition coefficient (Wildman–Crippen LogP) is 2.96. The average Bonchev–Trinajstić information content (AvgIpc) is 2.72. The van der Waals surface area contributed by atoms with Crippen LogP contribution in [0, 0.1) is 0 Å². The molecule has 0 aliphatic rings. The van der Waals surface area contributed by atoms with E-state index in [-0.39, 0.29) is 5.91 Å². The molecule has 0 aliphatic heterocycles. The van der Waals surface area contributed by atoms with Gasteiger partial charge in [-0.25, -0.2) is 9.97 Å². The summed E-state index contributed by atoms with van der Waals surface area (Å²) in [5.41, 5.74) is 1.83. The van der Waals surface area contributed by atoms with Gasteiger partial charge < -0.3 is 14.8 Å². The van der Waals surface area contributed by atoms with E-state index in [1.54, 1.807) is 31.5 Å². The Morgan fingerprint density at radius 1 is 1.04 bits per heavy atom. The first-order valence-electron chi connectivity index (χ1n) is 8.20. The van der Waals surface area contributed by atoms with E-state index < -0.39 is 0 Å². The number of amides is 1. The number of aromatic nitrogens is 2. The van der Waals surface area contributed by atoms with E-state index in [0.29, 0.717) is 30.4 Å². The zero-order chi connectivity index (χ0) is 18.2. The predicted molar refractivity (Wildman–Crippen MR) is 98.3 cm³/mol. The van der Waals surface area contributed by atoms with Crippen LogP contribution in [0.3, 0.4) is 0 Å². The zero-order valence-corrected chi connectivity index (χ0v) is 14.4. The van der Waals surface area contributed by atoms with Crippen molar-refractivity contribution >= 4 is 5.91 Å². The lowest BCUT2D eigenvalue weighted by molar-refractivity contribution is 0.0942. The molecule has 0 atom stereocenters. The van der Waals surface area contributed by atoms with Crippen molar-refractivity contribution in [3.05, 3.63) is 72.6 Å². The van der Waals surface area contributed by atoms with Gasteiger partial charge in [0.25, 0.3) is 5.91 Å². The van der Waals surface area contributed by atoms with Crippen molar-refractivity contribution in [2.75, 3.05) is 20.3 Å². The van der Waals surface area contributed by atoms with Gasteiger partial charge in [-0.15, -0.1) is 0 Å². The Kier molecular flexibility index (Phi) is 5.77. The first kappa shape index (κ1) is 17.4. The van der Waals surface area contributed by atoms with Crippen LogP contribution in [-0.4, -0.2) is 36.1 Å². The van der Waals surface area contributed by atoms with E-state index >= 15 is 0 Å². The maximum absolute atomic E-state index is 12.3. The molecule has 2 heterocycles. The molecule has 0 saturated heterocycles. The zero-order valence-electron chi connectivity index (χ0n) is 14.4. The van der Waals surface area contributed by atoms with Crippen LogP contribution in [0.5, 0.6) is 11.6 Å². The van der Waals surface area contributed by atoms with Gasteiger partial charge in [-0.05, 0) is 30.3 Å². The molecule has 0 aliphatic carbocycles. The topological polar surface area (TPSA) is 73.3 Å². The summed E-state index contributed by atoms with van der Waals surface area (Å²) in [5.74, 6) is 1.06. The highest BCUT2D eigenvalue weighted by molar-refractivity contribution is 5.92. The van der Waals surface area contributed by atoms with Crippen LogP contribution in [0.1, 0.15) is 10.5 Å². The summed E-state index contributed by atoms with van der Waals surface area (Å²) in [4.78, 5) is 20.8. The Morgan fingerprint density at radius 2 is 1.88 bits per heavy atom. The minimum absolute atomic E-state index is 0.245. The minimum Gasteiger partial charge on any atom is -0.492 e. The number of benzene rings is 1. The summed E-state index contributed by atoms with van der Waals surface area (Å²) in [6.45, 7) is 0.779. The molecule has 26 heavy (non-hydrogen) atoms. The maximum atomic E-state index is 12.3. The fourth-order valence-electron chi connectivity index (χ4n) is 2.32. The lowest BCUT2D eigenvalue weighted by atomic mass is 10.2. The van der Waals surface area contributed by atoms with Crippen LogP contribution < -0.4 is 14.8 Å². The summed E-state index contributed by atoms with van der Waals surface area (Å²) in [5, 5.41) is 2.80. The Hall–Kier alpha value is -3.41. The number of hydrogen-bond donors (Lipinski definition) is 1. The third-order valence-electron chi connectivity index (χ3n) is 3.62. The quantitative estimate of drug-likeness (QED) is 0.664. The van der Waals surface area contributed by atoms with Gasteiger partial charge in [0.15, 0.2) is 0 Å². The highest BCUT2D eigenvalue weighted by Gasteiger charge is 2.09. The van der Waals surface area contributed by atoms with Crippen molar-refractivity contribution in [3.8, 4) is 22.9 Å². The standard InChI is InChI=1S/C20H19N3O3/c1-25-19-11-10-15(14-22-19)17-8-5-9-18(23-17)20(24)21-12-13-26-16-6-3-2-4-7-16/h2-11,14H,12-13H2,1H3,(H,21,24). The molecule has 6 heteroatoms. The highest BCUT2D eigenvalue weighted by atomic mass is 16.5. The molecule has 0 radical (unpaired) electrons. The number of carbonyl (C=O) groups excluding carboxylic acids is 1. The summed E-state index contributed by atoms with van der Waals surface area (Å²) in [7, 11) is 1.56. The summed E-state index contributed by atoms with van der Waals surface area (Å²) < 4.78 is 10.6. The largest absolute Gasteiger partial charge is 0.492 e. The SMILES string of the molecule is COc1ccc(-c2cccc(C(=O)NCCOc3ccccc3)n2)cn1. The van der Waals surface area contributed by atoms with Gasteiger partial charge in [-0.3, -0.25) is 4.79 Å². The lowest BCUT2D eigenvalue weighted by Crippen LogP contribution is -2.28. The number of ether oxygens (including phenoxy) is 2. The van der Waals surface area contributed by atoms with Gasteiger partial charge in [0.1, 0.15) is 18.1 Å². The van der Waals surface area contributed by atoms with Crippen molar-refractivity contribution in [1.29, 1.82) is 0 Å². The number of nitrogens with zero attached hydrogens (tertiary/aromatic N) is 2. The number of methoxy groups -OCH3 is 1. The Labute approximate surface area is 151 Å². The number of nitrogens with one attached hydrogen (secondary N) is 1. The van der Waals surface area contributed by atoms with E-state index in [1.807, 2.05) is 42.5 Å². The van der Waals surface area contributed by atoms with E-state index in [1.165, 1.54) is 0 Å². The first-order chi connectivity index (χ1) is 12.8. The fraction of sp³-hybridized carbons (Fsp3) is 0.150. The van der Waals surface area contributed by atoms with Crippen molar-refractivity contribution in [1.82, 2.24) is 15.3 Å². The Balaban J connectivity index is 1.57. The van der Waals surface area contributed by atoms with Crippen LogP contribution in [0.2, 0.25) is 0 Å². The van der Waals surface area contributed by atoms with Crippen molar-refractivity contribution < 1.29 is 14.3 Å². The number of carbonyl (C=O) groups is 1. The smallest absolute Gasteiger partial charge is 0.270 e. The van der Waals surface area contributed by atoms with E-state index in [4.69, 9.17) is 9.47 Å². The van der Waals surface area contributed by atoms with Crippen molar-refractivity contribution in [2.24, 2.45) is 0 Å². The van der Waals surface area contributed by atoms with Crippen molar-refractivity contribution in [2.45, 2.75) is 0 Å². The van der Waals surface area contributed by atoms with Gasteiger partial charge in [0, 0.05) is 17.8 Å². The van der Waals surface area contributed by atoms with E-state index in [2.05, 4.69) is 15.3 Å². The van der Waals surface area contributed by atoms with Crippen LogP contribution in [-0.2, 0) is 0 Å². The first-order valence-corrected chi connectivity index (χ1v) is 8.20. The van der Waals surface area contributed by atoms with Gasteiger partial charge >= 0.3 is 0 Å². The highest BCUT2D eigenvalue weighted by Crippen LogP contribution is 2.18. The van der Waals surface area contributed by atoms with Gasteiger partial charge in [-0.2, -0.15) is 0 Å². The maximum Gasteiger partial charge on any atom is 0.270 e. The molecule has 2 aromatic heterocycles. The second-order valence-corrected chi connectivity index (χ2v) is 5.41. The fourth-order valence-corrected chi connectivity index (χ4v) is 2.32. The van der Waals surface area contributed by atoms with Gasteiger partial charge in [0.05, 0.1) is 19.3 Å². The number of hydrogen-bond acceptors (Lipinski definition) is 5. The number of para-hydroxylation sites is 1. The summed E-state index contributed by atoms with van der Waals surface area (Å²) in [6.07, 6.45) is 1.66. The molecule has 0 fully saturated rings. The minimum atomic E-state index is -0.245. The van der Waals surface area contributed by atoms with Crippen molar-refractivity contribution in [3.63, 3.8) is 0 Å². The molecule has 1 amide bonds. The molecular formula is C20H19N3O3. The summed E-state index contributed by atoms with van der Waals surface area (Å²) >= 11 is 0. The second-order valence-electron chi connectivity index (χ2n) is 5.41. The Morgan fingerprint density at radius 3 is 2.62 bits per heavy atom. The number of pyridine rings is 2. The third-order valence-corrected chi connectivity index (χ3v) is 3.62. The normalized spacial score (nSPS) is 10.2.